The number of fused-ring (bicyclic) bond motifs is 1. The van der Waals surface area contributed by atoms with Crippen molar-refractivity contribution < 1.29 is 9.47 Å². The average Bonchev–Trinajstić information content (AvgIpc) is 2.71. The third kappa shape index (κ3) is 3.72. The van der Waals surface area contributed by atoms with Crippen LogP contribution in [0.3, 0.4) is 0 Å². The van der Waals surface area contributed by atoms with Gasteiger partial charge in [0.2, 0.25) is 0 Å². The molecule has 3 aromatic rings. The molecule has 0 bridgehead atoms. The Morgan fingerprint density at radius 1 is 0.963 bits per heavy atom. The number of nitrogen functional groups attached to an aromatic ring is 1. The Kier molecular flexibility index (Phi) is 4.65. The van der Waals surface area contributed by atoms with Gasteiger partial charge in [0.05, 0.1) is 6.04 Å². The first kappa shape index (κ1) is 17.0. The highest BCUT2D eigenvalue weighted by molar-refractivity contribution is 5.78. The third-order valence-electron chi connectivity index (χ3n) is 4.34. The minimum absolute atomic E-state index is 0.0607. The molecule has 1 unspecified atom stereocenters. The zero-order valence-electron chi connectivity index (χ0n) is 15.0. The number of nitrogens with one attached hydrogen (secondary N) is 2. The summed E-state index contributed by atoms with van der Waals surface area (Å²) in [6, 6.07) is 15.8. The van der Waals surface area contributed by atoms with Gasteiger partial charge in [-0.2, -0.15) is 0 Å². The second-order valence-corrected chi connectivity index (χ2v) is 6.24. The molecule has 0 amide bonds. The van der Waals surface area contributed by atoms with E-state index in [0.29, 0.717) is 36.3 Å². The molecule has 1 aliphatic heterocycles. The van der Waals surface area contributed by atoms with Crippen molar-refractivity contribution in [2.24, 2.45) is 0 Å². The fourth-order valence-electron chi connectivity index (χ4n) is 2.90. The summed E-state index contributed by atoms with van der Waals surface area (Å²) in [7, 11) is 0. The van der Waals surface area contributed by atoms with Crippen molar-refractivity contribution in [2.45, 2.75) is 13.0 Å². The minimum atomic E-state index is 0.0607. The first-order valence-corrected chi connectivity index (χ1v) is 8.79. The fraction of sp³-hybridized carbons (Fsp3) is 0.200. The lowest BCUT2D eigenvalue weighted by Gasteiger charge is -2.20. The molecule has 1 aliphatic rings. The van der Waals surface area contributed by atoms with Crippen molar-refractivity contribution in [1.82, 2.24) is 9.97 Å². The van der Waals surface area contributed by atoms with Gasteiger partial charge in [-0.05, 0) is 24.6 Å². The van der Waals surface area contributed by atoms with E-state index in [4.69, 9.17) is 15.2 Å². The maximum Gasteiger partial charge on any atom is 0.163 e. The van der Waals surface area contributed by atoms with Crippen LogP contribution >= 0.6 is 0 Å². The highest BCUT2D eigenvalue weighted by Crippen LogP contribution is 2.35. The van der Waals surface area contributed by atoms with Gasteiger partial charge in [0.15, 0.2) is 23.1 Å². The van der Waals surface area contributed by atoms with E-state index >= 15 is 0 Å². The predicted octanol–water partition coefficient (Wildman–Crippen LogP) is 3.75. The normalized spacial score (nSPS) is 13.7. The summed E-state index contributed by atoms with van der Waals surface area (Å²) in [5.74, 6) is 2.56. The zero-order chi connectivity index (χ0) is 18.6. The summed E-state index contributed by atoms with van der Waals surface area (Å²) in [5, 5.41) is 6.57. The zero-order valence-corrected chi connectivity index (χ0v) is 15.0. The molecule has 0 fully saturated rings. The van der Waals surface area contributed by atoms with Gasteiger partial charge in [0.1, 0.15) is 25.2 Å². The summed E-state index contributed by atoms with van der Waals surface area (Å²) >= 11 is 0. The maximum absolute atomic E-state index is 6.29. The molecule has 1 atom stereocenters. The van der Waals surface area contributed by atoms with Gasteiger partial charge in [-0.25, -0.2) is 9.97 Å². The Hall–Kier alpha value is -3.48. The number of nitrogens with zero attached hydrogens (tertiary/aromatic N) is 2. The van der Waals surface area contributed by atoms with Crippen LogP contribution < -0.4 is 25.8 Å². The number of ether oxygens (including phenoxy) is 2. The van der Waals surface area contributed by atoms with Gasteiger partial charge < -0.3 is 25.8 Å². The molecule has 0 aliphatic carbocycles. The van der Waals surface area contributed by atoms with Crippen LogP contribution in [0, 0.1) is 0 Å². The lowest BCUT2D eigenvalue weighted by Crippen LogP contribution is -2.15. The predicted molar refractivity (Wildman–Crippen MR) is 106 cm³/mol. The van der Waals surface area contributed by atoms with E-state index in [1.165, 1.54) is 6.33 Å². The standard InChI is InChI=1S/C20H21N5O2/c1-13(14-5-3-2-4-6-14)24-19-18(21)20(23-12-22-19)25-15-7-8-16-17(11-15)27-10-9-26-16/h2-8,11-13H,9-10,21H2,1H3,(H2,22,23,24,25). The van der Waals surface area contributed by atoms with Gasteiger partial charge in [-0.15, -0.1) is 0 Å². The van der Waals surface area contributed by atoms with Crippen molar-refractivity contribution in [2.75, 3.05) is 29.6 Å². The molecule has 138 valence electrons. The second-order valence-electron chi connectivity index (χ2n) is 6.24. The van der Waals surface area contributed by atoms with Crippen molar-refractivity contribution in [3.05, 3.63) is 60.4 Å². The Morgan fingerprint density at radius 3 is 2.52 bits per heavy atom. The SMILES string of the molecule is CC(Nc1ncnc(Nc2ccc3c(c2)OCCO3)c1N)c1ccccc1. The van der Waals surface area contributed by atoms with Crippen LogP contribution in [0.5, 0.6) is 11.5 Å². The lowest BCUT2D eigenvalue weighted by molar-refractivity contribution is 0.171. The summed E-state index contributed by atoms with van der Waals surface area (Å²) < 4.78 is 11.2. The van der Waals surface area contributed by atoms with E-state index in [1.807, 2.05) is 36.4 Å². The fourth-order valence-corrected chi connectivity index (χ4v) is 2.90. The summed E-state index contributed by atoms with van der Waals surface area (Å²) in [5.41, 5.74) is 8.70. The summed E-state index contributed by atoms with van der Waals surface area (Å²) in [6.07, 6.45) is 1.48. The molecule has 4 rings (SSSR count). The topological polar surface area (TPSA) is 94.3 Å². The molecule has 4 N–H and O–H groups in total. The van der Waals surface area contributed by atoms with E-state index in [1.54, 1.807) is 0 Å². The van der Waals surface area contributed by atoms with Crippen LogP contribution in [0.15, 0.2) is 54.9 Å². The first-order valence-electron chi connectivity index (χ1n) is 8.79. The molecule has 2 heterocycles. The largest absolute Gasteiger partial charge is 0.486 e. The van der Waals surface area contributed by atoms with E-state index < -0.39 is 0 Å². The maximum atomic E-state index is 6.29. The van der Waals surface area contributed by atoms with Crippen LogP contribution in [-0.2, 0) is 0 Å². The van der Waals surface area contributed by atoms with Crippen molar-refractivity contribution in [1.29, 1.82) is 0 Å². The third-order valence-corrected chi connectivity index (χ3v) is 4.34. The summed E-state index contributed by atoms with van der Waals surface area (Å²) in [6.45, 7) is 3.16. The van der Waals surface area contributed by atoms with Crippen LogP contribution in [0.25, 0.3) is 0 Å². The van der Waals surface area contributed by atoms with E-state index in [-0.39, 0.29) is 6.04 Å². The van der Waals surface area contributed by atoms with Crippen LogP contribution in [0.2, 0.25) is 0 Å². The molecular weight excluding hydrogens is 342 g/mol. The van der Waals surface area contributed by atoms with E-state index in [0.717, 1.165) is 17.0 Å². The molecule has 1 aromatic heterocycles. The van der Waals surface area contributed by atoms with Gasteiger partial charge in [-0.1, -0.05) is 30.3 Å². The molecule has 7 nitrogen and oxygen atoms in total. The number of nitrogens with two attached hydrogens (primary N) is 1. The number of benzene rings is 2. The Balaban J connectivity index is 1.53. The highest BCUT2D eigenvalue weighted by Gasteiger charge is 2.15. The second kappa shape index (κ2) is 7.41. The molecule has 0 saturated heterocycles. The molecule has 7 heteroatoms. The molecule has 27 heavy (non-hydrogen) atoms. The van der Waals surface area contributed by atoms with Gasteiger partial charge in [0, 0.05) is 11.8 Å². The monoisotopic (exact) mass is 363 g/mol. The molecule has 0 radical (unpaired) electrons. The van der Waals surface area contributed by atoms with Gasteiger partial charge in [-0.3, -0.25) is 0 Å². The number of aromatic nitrogens is 2. The molecular formula is C20H21N5O2. The number of rotatable bonds is 5. The number of anilines is 4. The van der Waals surface area contributed by atoms with E-state index in [2.05, 4.69) is 39.7 Å². The van der Waals surface area contributed by atoms with Gasteiger partial charge >= 0.3 is 0 Å². The average molecular weight is 363 g/mol. The van der Waals surface area contributed by atoms with Crippen molar-refractivity contribution in [3.63, 3.8) is 0 Å². The smallest absolute Gasteiger partial charge is 0.163 e. The number of hydrogen-bond donors (Lipinski definition) is 3. The Labute approximate surface area is 157 Å². The van der Waals surface area contributed by atoms with Crippen LogP contribution in [0.4, 0.5) is 23.0 Å². The minimum Gasteiger partial charge on any atom is -0.486 e. The quantitative estimate of drug-likeness (QED) is 0.635. The Morgan fingerprint density at radius 2 is 1.70 bits per heavy atom. The van der Waals surface area contributed by atoms with Crippen LogP contribution in [-0.4, -0.2) is 23.2 Å². The number of hydrogen-bond acceptors (Lipinski definition) is 7. The van der Waals surface area contributed by atoms with Crippen molar-refractivity contribution >= 4 is 23.0 Å². The Bertz CT molecular complexity index is 933. The molecule has 2 aromatic carbocycles. The molecule has 0 saturated carbocycles. The van der Waals surface area contributed by atoms with E-state index in [9.17, 15) is 0 Å². The molecule has 0 spiro atoms. The first-order chi connectivity index (χ1) is 13.2. The van der Waals surface area contributed by atoms with Crippen molar-refractivity contribution in [3.8, 4) is 11.5 Å². The van der Waals surface area contributed by atoms with Crippen LogP contribution in [0.1, 0.15) is 18.5 Å². The lowest BCUT2D eigenvalue weighted by atomic mass is 10.1. The summed E-state index contributed by atoms with van der Waals surface area (Å²) in [4.78, 5) is 8.55. The van der Waals surface area contributed by atoms with Gasteiger partial charge in [0.25, 0.3) is 0 Å². The highest BCUT2D eigenvalue weighted by atomic mass is 16.6.